The van der Waals surface area contributed by atoms with Crippen molar-refractivity contribution in [2.75, 3.05) is 46.2 Å². The van der Waals surface area contributed by atoms with Gasteiger partial charge >= 0.3 is 0 Å². The number of hydrogen-bond acceptors (Lipinski definition) is 34. The first kappa shape index (κ1) is 62.4. The fourth-order valence-corrected chi connectivity index (χ4v) is 11.4. The summed E-state index contributed by atoms with van der Waals surface area (Å²) in [6, 6.07) is 0. The predicted octanol–water partition coefficient (Wildman–Crippen LogP) is -13.8. The molecule has 21 aliphatic heterocycles. The molecule has 0 unspecified atom stereocenters. The van der Waals surface area contributed by atoms with Gasteiger partial charge in [-0.1, -0.05) is 22.6 Å². The SMILES string of the molecule is OC[C@H]1O[C@@H]2O[C@H]3[C@H](O)[C@@H](O)[C@@H](O[C@H]4[C@H](O)[C@@H](O)[C@@H](O[C@H]5[C@H](O)[C@@H](O)[C@@H](O[C@H]6[C@H](I)[C@@H](O)[C@@H](O[C@H]7[C@@H](O)[C@H](O)[C@@H](O[C@H]8[C@@H](O)[C@H](O)[C@@H](O[C@H]1[C@H](O)[C@H]2O)O[C@@H]8CO)O[C@@H]7CO)O[C@@H]6CO)O[C@@H]5CO)O[C@@H]4CO)O[C@@H]3CO. The van der Waals surface area contributed by atoms with Crippen molar-refractivity contribution in [3.63, 3.8) is 0 Å². The lowest BCUT2D eigenvalue weighted by Crippen LogP contribution is -2.68. The molecule has 0 radical (unpaired) electrons. The molecule has 0 spiro atoms. The maximum Gasteiger partial charge on any atom is 0.187 e. The number of aliphatic hydroxyl groups excluding tert-OH is 20. The number of halogens is 1. The average Bonchev–Trinajstić information content (AvgIpc) is 3.45. The molecule has 35 atom stereocenters. The first-order valence-corrected chi connectivity index (χ1v) is 25.8. The molecule has 0 aromatic heterocycles. The lowest BCUT2D eigenvalue weighted by Gasteiger charge is -2.50. The molecule has 448 valence electrons. The lowest BCUT2D eigenvalue weighted by atomic mass is 9.95. The van der Waals surface area contributed by atoms with Gasteiger partial charge in [0.25, 0.3) is 0 Å². The molecule has 35 heteroatoms. The summed E-state index contributed by atoms with van der Waals surface area (Å²) in [7, 11) is 0. The molecule has 21 rings (SSSR count). The second kappa shape index (κ2) is 26.5. The fourth-order valence-electron chi connectivity index (χ4n) is 10.4. The highest BCUT2D eigenvalue weighted by molar-refractivity contribution is 14.1. The molecular weight excluding hydrogens is 1180 g/mol. The number of alkyl halides is 1. The van der Waals surface area contributed by atoms with E-state index in [9.17, 15) is 102 Å². The largest absolute Gasteiger partial charge is 0.394 e. The van der Waals surface area contributed by atoms with Gasteiger partial charge in [-0.2, -0.15) is 0 Å². The van der Waals surface area contributed by atoms with Crippen LogP contribution < -0.4 is 0 Å². The number of rotatable bonds is 7. The van der Waals surface area contributed by atoms with E-state index in [1.54, 1.807) is 22.6 Å². The first-order valence-electron chi connectivity index (χ1n) is 24.6. The van der Waals surface area contributed by atoms with E-state index in [1.807, 2.05) is 0 Å². The maximum atomic E-state index is 11.5. The van der Waals surface area contributed by atoms with Crippen molar-refractivity contribution in [3.8, 4) is 0 Å². The van der Waals surface area contributed by atoms with Gasteiger partial charge in [0, 0.05) is 0 Å². The summed E-state index contributed by atoms with van der Waals surface area (Å²) in [6.07, 6.45) is -65.5. The van der Waals surface area contributed by atoms with Crippen LogP contribution in [0.2, 0.25) is 0 Å². The fraction of sp³-hybridized carbons (Fsp3) is 1.00. The van der Waals surface area contributed by atoms with Gasteiger partial charge in [-0.3, -0.25) is 0 Å². The number of hydrogen-bond donors (Lipinski definition) is 20. The van der Waals surface area contributed by atoms with Gasteiger partial charge < -0.3 is 168 Å². The number of aliphatic hydroxyl groups is 20. The molecule has 34 nitrogen and oxygen atoms in total. The molecule has 21 heterocycles. The molecule has 0 aromatic carbocycles. The molecular formula is C42H69IO34. The number of ether oxygens (including phenoxy) is 14. The van der Waals surface area contributed by atoms with Crippen LogP contribution in [0.1, 0.15) is 0 Å². The molecule has 0 amide bonds. The summed E-state index contributed by atoms with van der Waals surface area (Å²) in [6.45, 7) is -6.98. The van der Waals surface area contributed by atoms with Gasteiger partial charge in [-0.25, -0.2) is 0 Å². The van der Waals surface area contributed by atoms with Crippen LogP contribution in [0, 0.1) is 0 Å². The van der Waals surface area contributed by atoms with Crippen molar-refractivity contribution in [1.82, 2.24) is 0 Å². The Hall–Kier alpha value is -0.630. The monoisotopic (exact) mass is 1240 g/mol. The molecule has 21 aliphatic rings. The Balaban J connectivity index is 1.08. The minimum atomic E-state index is -2.20. The van der Waals surface area contributed by atoms with E-state index < -0.39 is 259 Å². The summed E-state index contributed by atoms with van der Waals surface area (Å²) >= 11 is 1.67. The van der Waals surface area contributed by atoms with E-state index in [2.05, 4.69) is 0 Å². The third-order valence-electron chi connectivity index (χ3n) is 14.7. The normalized spacial score (nSPS) is 55.4. The second-order valence-electron chi connectivity index (χ2n) is 19.6. The first-order chi connectivity index (χ1) is 36.7. The zero-order valence-corrected chi connectivity index (χ0v) is 42.4. The van der Waals surface area contributed by atoms with Crippen LogP contribution >= 0.6 is 22.6 Å². The van der Waals surface area contributed by atoms with E-state index in [4.69, 9.17) is 66.3 Å². The Morgan fingerprint density at radius 2 is 0.338 bits per heavy atom. The van der Waals surface area contributed by atoms with Crippen LogP contribution in [0.5, 0.6) is 0 Å². The third-order valence-corrected chi connectivity index (χ3v) is 16.2. The minimum absolute atomic E-state index is 0.892. The van der Waals surface area contributed by atoms with Gasteiger partial charge in [0.05, 0.1) is 50.2 Å². The quantitative estimate of drug-likeness (QED) is 0.0831. The Labute approximate surface area is 448 Å². The lowest BCUT2D eigenvalue weighted by molar-refractivity contribution is -0.396. The van der Waals surface area contributed by atoms with Crippen molar-refractivity contribution >= 4 is 22.6 Å². The highest BCUT2D eigenvalue weighted by Crippen LogP contribution is 2.39. The highest BCUT2D eigenvalue weighted by Gasteiger charge is 2.59. The predicted molar refractivity (Wildman–Crippen MR) is 240 cm³/mol. The van der Waals surface area contributed by atoms with Crippen LogP contribution in [0.25, 0.3) is 0 Å². The van der Waals surface area contributed by atoms with Crippen LogP contribution in [0.15, 0.2) is 0 Å². The summed E-state index contributed by atoms with van der Waals surface area (Å²) in [5, 5.41) is 220. The zero-order valence-electron chi connectivity index (χ0n) is 40.2. The maximum absolute atomic E-state index is 11.5. The average molecular weight is 1240 g/mol. The van der Waals surface area contributed by atoms with Crippen molar-refractivity contribution in [3.05, 3.63) is 0 Å². The molecule has 20 N–H and O–H groups in total. The molecule has 0 aromatic rings. The molecule has 14 bridgehead atoms. The summed E-state index contributed by atoms with van der Waals surface area (Å²) in [5.41, 5.74) is 0. The van der Waals surface area contributed by atoms with Gasteiger partial charge in [0.1, 0.15) is 165 Å². The zero-order chi connectivity index (χ0) is 56.1. The van der Waals surface area contributed by atoms with E-state index in [-0.39, 0.29) is 0 Å². The Bertz CT molecular complexity index is 1470. The molecule has 77 heavy (non-hydrogen) atoms. The van der Waals surface area contributed by atoms with Gasteiger partial charge in [-0.05, 0) is 0 Å². The Morgan fingerprint density at radius 1 is 0.195 bits per heavy atom. The van der Waals surface area contributed by atoms with Crippen molar-refractivity contribution in [2.45, 2.75) is 213 Å². The van der Waals surface area contributed by atoms with Crippen LogP contribution in [0.4, 0.5) is 0 Å². The summed E-state index contributed by atoms with van der Waals surface area (Å²) in [5.74, 6) is 0. The van der Waals surface area contributed by atoms with Crippen LogP contribution in [-0.4, -0.2) is 361 Å². The van der Waals surface area contributed by atoms with E-state index in [0.29, 0.717) is 0 Å². The smallest absolute Gasteiger partial charge is 0.187 e. The van der Waals surface area contributed by atoms with E-state index >= 15 is 0 Å². The van der Waals surface area contributed by atoms with Crippen LogP contribution in [0.3, 0.4) is 0 Å². The van der Waals surface area contributed by atoms with Gasteiger partial charge in [-0.15, -0.1) is 0 Å². The van der Waals surface area contributed by atoms with Gasteiger partial charge in [0.15, 0.2) is 44.0 Å². The Kier molecular flexibility index (Phi) is 21.5. The topological polar surface area (TPSA) is 534 Å². The Morgan fingerprint density at radius 3 is 0.506 bits per heavy atom. The second-order valence-corrected chi connectivity index (χ2v) is 21.0. The minimum Gasteiger partial charge on any atom is -0.394 e. The molecule has 21 fully saturated rings. The van der Waals surface area contributed by atoms with Gasteiger partial charge in [0.2, 0.25) is 0 Å². The standard InChI is InChI=1S/C42H69IO34/c43-15-16(51)36-64-8(1-44)29(15)71-37-23(58)17(52)31(10(3-46)65-37)73-39-25(60)19(54)33(12(5-48)67-39)75-41-27(62)21(56)35(14(7-50)69-41)77-42-28(63)22(57)34(13(6-49)70-42)76-40-26(61)20(55)32(11(4-47)68-40)74-38-24(59)18(53)30(72-36)9(2-45)66-38/h8-42,44-63H,1-7H2/t8-,9-,10-,11-,12-,13-,14-,15-,16-,17-,18+,19-,20+,21-,22-,23-,24+,25-,26+,27-,28-,29-,30-,31-,32-,33-,34-,35-,36-,37-,38-,39-,40-,41-,42-/m1/s1. The summed E-state index contributed by atoms with van der Waals surface area (Å²) in [4.78, 5) is 0. The van der Waals surface area contributed by atoms with E-state index in [1.165, 1.54) is 0 Å². The molecule has 21 saturated heterocycles. The van der Waals surface area contributed by atoms with Crippen molar-refractivity contribution in [2.24, 2.45) is 0 Å². The van der Waals surface area contributed by atoms with E-state index in [0.717, 1.165) is 0 Å². The van der Waals surface area contributed by atoms with Crippen LogP contribution in [-0.2, 0) is 66.3 Å². The highest BCUT2D eigenvalue weighted by atomic mass is 127. The molecule has 0 saturated carbocycles. The molecule has 0 aliphatic carbocycles. The summed E-state index contributed by atoms with van der Waals surface area (Å²) < 4.78 is 79.2. The van der Waals surface area contributed by atoms with Crippen molar-refractivity contribution < 1.29 is 168 Å². The van der Waals surface area contributed by atoms with Crippen molar-refractivity contribution in [1.29, 1.82) is 0 Å². The third kappa shape index (κ3) is 12.3.